The highest BCUT2D eigenvalue weighted by atomic mass is 16.6. The molecule has 0 aliphatic heterocycles. The van der Waals surface area contributed by atoms with E-state index in [1.165, 1.54) is 4.90 Å². The Kier molecular flexibility index (Phi) is 5.93. The van der Waals surface area contributed by atoms with Gasteiger partial charge in [0.25, 0.3) is 5.91 Å². The van der Waals surface area contributed by atoms with Gasteiger partial charge in [0, 0.05) is 35.6 Å². The summed E-state index contributed by atoms with van der Waals surface area (Å²) in [7, 11) is 1.62. The van der Waals surface area contributed by atoms with Gasteiger partial charge in [-0.1, -0.05) is 0 Å². The molecule has 2 aromatic carbocycles. The number of rotatable bonds is 6. The van der Waals surface area contributed by atoms with Crippen LogP contribution >= 0.6 is 0 Å². The van der Waals surface area contributed by atoms with E-state index in [1.54, 1.807) is 62.5 Å². The van der Waals surface area contributed by atoms with Gasteiger partial charge in [-0.25, -0.2) is 4.79 Å². The van der Waals surface area contributed by atoms with Crippen molar-refractivity contribution in [2.45, 2.75) is 19.8 Å². The minimum absolute atomic E-state index is 0.0325. The fourth-order valence-electron chi connectivity index (χ4n) is 2.59. The maximum absolute atomic E-state index is 12.4. The molecule has 0 aromatic heterocycles. The number of carbonyl (C=O) groups is 3. The van der Waals surface area contributed by atoms with Gasteiger partial charge in [0.2, 0.25) is 5.91 Å². The van der Waals surface area contributed by atoms with Crippen LogP contribution in [-0.2, 0) is 9.53 Å². The Morgan fingerprint density at radius 1 is 0.964 bits per heavy atom. The van der Waals surface area contributed by atoms with Crippen LogP contribution in [0.25, 0.3) is 0 Å². The Hall–Kier alpha value is -3.35. The lowest BCUT2D eigenvalue weighted by molar-refractivity contribution is -0.117. The number of hydrogen-bond donors (Lipinski definition) is 2. The molecule has 3 amide bonds. The van der Waals surface area contributed by atoms with Gasteiger partial charge >= 0.3 is 6.09 Å². The predicted octanol–water partition coefficient (Wildman–Crippen LogP) is 3.88. The van der Waals surface area contributed by atoms with Crippen LogP contribution in [-0.4, -0.2) is 31.6 Å². The lowest BCUT2D eigenvalue weighted by Gasteiger charge is -2.17. The predicted molar refractivity (Wildman–Crippen MR) is 108 cm³/mol. The second-order valence-electron chi connectivity index (χ2n) is 6.60. The summed E-state index contributed by atoms with van der Waals surface area (Å²) < 4.78 is 4.95. The molecule has 2 aromatic rings. The largest absolute Gasteiger partial charge is 0.449 e. The Labute approximate surface area is 163 Å². The van der Waals surface area contributed by atoms with E-state index in [0.717, 1.165) is 12.8 Å². The molecule has 2 N–H and O–H groups in total. The topological polar surface area (TPSA) is 87.7 Å². The fraction of sp³-hybridized carbons (Fsp3) is 0.286. The molecular formula is C21H23N3O4. The Morgan fingerprint density at radius 3 is 2.11 bits per heavy atom. The van der Waals surface area contributed by atoms with Gasteiger partial charge in [-0.15, -0.1) is 0 Å². The maximum atomic E-state index is 12.4. The summed E-state index contributed by atoms with van der Waals surface area (Å²) in [4.78, 5) is 37.3. The van der Waals surface area contributed by atoms with E-state index >= 15 is 0 Å². The van der Waals surface area contributed by atoms with E-state index in [-0.39, 0.29) is 17.7 Å². The normalized spacial score (nSPS) is 12.8. The Balaban J connectivity index is 1.58. The SMILES string of the molecule is CCOC(=O)N(C)c1ccc(NC(=O)c2ccc(NC(=O)C3CC3)cc2)cc1. The molecule has 0 saturated heterocycles. The monoisotopic (exact) mass is 381 g/mol. The first-order chi connectivity index (χ1) is 13.5. The van der Waals surface area contributed by atoms with Crippen LogP contribution in [0.3, 0.4) is 0 Å². The van der Waals surface area contributed by atoms with Crippen molar-refractivity contribution in [1.29, 1.82) is 0 Å². The van der Waals surface area contributed by atoms with Crippen LogP contribution in [0.1, 0.15) is 30.1 Å². The third-order valence-electron chi connectivity index (χ3n) is 4.42. The zero-order valence-corrected chi connectivity index (χ0v) is 15.9. The van der Waals surface area contributed by atoms with Crippen LogP contribution in [0, 0.1) is 5.92 Å². The molecule has 7 heteroatoms. The molecule has 0 radical (unpaired) electrons. The lowest BCUT2D eigenvalue weighted by Crippen LogP contribution is -2.26. The number of hydrogen-bond acceptors (Lipinski definition) is 4. The summed E-state index contributed by atoms with van der Waals surface area (Å²) in [5, 5.41) is 5.65. The number of anilines is 3. The molecule has 146 valence electrons. The molecule has 0 unspecified atom stereocenters. The number of ether oxygens (including phenoxy) is 1. The van der Waals surface area contributed by atoms with E-state index in [1.807, 2.05) is 0 Å². The second-order valence-corrected chi connectivity index (χ2v) is 6.60. The summed E-state index contributed by atoms with van der Waals surface area (Å²) in [5.74, 6) is -0.0922. The zero-order valence-electron chi connectivity index (χ0n) is 15.9. The lowest BCUT2D eigenvalue weighted by atomic mass is 10.2. The first kappa shape index (κ1) is 19.4. The van der Waals surface area contributed by atoms with Crippen molar-refractivity contribution in [2.24, 2.45) is 5.92 Å². The maximum Gasteiger partial charge on any atom is 0.413 e. The highest BCUT2D eigenvalue weighted by Crippen LogP contribution is 2.30. The molecule has 1 fully saturated rings. The summed E-state index contributed by atoms with van der Waals surface area (Å²) >= 11 is 0. The van der Waals surface area contributed by atoms with E-state index in [9.17, 15) is 14.4 Å². The third-order valence-corrected chi connectivity index (χ3v) is 4.42. The summed E-state index contributed by atoms with van der Waals surface area (Å²) in [6.45, 7) is 2.05. The molecule has 0 spiro atoms. The molecule has 0 heterocycles. The summed E-state index contributed by atoms with van der Waals surface area (Å²) in [6.07, 6.45) is 1.45. The van der Waals surface area contributed by atoms with Crippen molar-refractivity contribution in [3.8, 4) is 0 Å². The van der Waals surface area contributed by atoms with Crippen LogP contribution in [0.4, 0.5) is 21.9 Å². The number of amides is 3. The van der Waals surface area contributed by atoms with Gasteiger partial charge in [0.05, 0.1) is 6.61 Å². The quantitative estimate of drug-likeness (QED) is 0.795. The van der Waals surface area contributed by atoms with Gasteiger partial charge < -0.3 is 15.4 Å². The van der Waals surface area contributed by atoms with Crippen LogP contribution in [0.2, 0.25) is 0 Å². The van der Waals surface area contributed by atoms with Crippen molar-refractivity contribution in [1.82, 2.24) is 0 Å². The Bertz CT molecular complexity index is 858. The van der Waals surface area contributed by atoms with E-state index < -0.39 is 6.09 Å². The second kappa shape index (κ2) is 8.56. The molecule has 1 aliphatic rings. The molecule has 28 heavy (non-hydrogen) atoms. The smallest absolute Gasteiger partial charge is 0.413 e. The molecular weight excluding hydrogens is 358 g/mol. The standard InChI is InChI=1S/C21H23N3O4/c1-3-28-21(27)24(2)18-12-10-17(11-13-18)23-20(26)15-6-8-16(9-7-15)22-19(25)14-4-5-14/h6-14H,3-5H2,1-2H3,(H,22,25)(H,23,26). The van der Waals surface area contributed by atoms with E-state index in [0.29, 0.717) is 29.2 Å². The molecule has 7 nitrogen and oxygen atoms in total. The highest BCUT2D eigenvalue weighted by molar-refractivity contribution is 6.05. The van der Waals surface area contributed by atoms with Gasteiger partial charge in [0.15, 0.2) is 0 Å². The third kappa shape index (κ3) is 4.88. The van der Waals surface area contributed by atoms with E-state index in [4.69, 9.17) is 4.74 Å². The molecule has 0 atom stereocenters. The van der Waals surface area contributed by atoms with Crippen LogP contribution < -0.4 is 15.5 Å². The highest BCUT2D eigenvalue weighted by Gasteiger charge is 2.29. The first-order valence-electron chi connectivity index (χ1n) is 9.20. The molecule has 1 saturated carbocycles. The number of nitrogens with zero attached hydrogens (tertiary/aromatic N) is 1. The zero-order chi connectivity index (χ0) is 20.1. The van der Waals surface area contributed by atoms with Crippen molar-refractivity contribution >= 4 is 35.0 Å². The fourth-order valence-corrected chi connectivity index (χ4v) is 2.59. The summed E-state index contributed by atoms with van der Waals surface area (Å²) in [6, 6.07) is 13.6. The number of benzene rings is 2. The van der Waals surface area contributed by atoms with Crippen molar-refractivity contribution in [3.63, 3.8) is 0 Å². The van der Waals surface area contributed by atoms with Crippen LogP contribution in [0.5, 0.6) is 0 Å². The van der Waals surface area contributed by atoms with Gasteiger partial charge in [0.1, 0.15) is 0 Å². The minimum atomic E-state index is -0.437. The Morgan fingerprint density at radius 2 is 1.54 bits per heavy atom. The van der Waals surface area contributed by atoms with Crippen molar-refractivity contribution < 1.29 is 19.1 Å². The van der Waals surface area contributed by atoms with Crippen molar-refractivity contribution in [2.75, 3.05) is 29.2 Å². The van der Waals surface area contributed by atoms with Gasteiger partial charge in [-0.2, -0.15) is 0 Å². The van der Waals surface area contributed by atoms with Gasteiger partial charge in [-0.05, 0) is 68.3 Å². The first-order valence-corrected chi connectivity index (χ1v) is 9.20. The van der Waals surface area contributed by atoms with E-state index in [2.05, 4.69) is 10.6 Å². The van der Waals surface area contributed by atoms with Gasteiger partial charge in [-0.3, -0.25) is 14.5 Å². The van der Waals surface area contributed by atoms with Crippen LogP contribution in [0.15, 0.2) is 48.5 Å². The average Bonchev–Trinajstić information content (AvgIpc) is 3.54. The number of carbonyl (C=O) groups excluding carboxylic acids is 3. The molecule has 1 aliphatic carbocycles. The molecule has 3 rings (SSSR count). The minimum Gasteiger partial charge on any atom is -0.449 e. The average molecular weight is 381 g/mol. The number of nitrogens with one attached hydrogen (secondary N) is 2. The molecule has 0 bridgehead atoms. The summed E-state index contributed by atoms with van der Waals surface area (Å²) in [5.41, 5.74) is 2.43. The van der Waals surface area contributed by atoms with Crippen molar-refractivity contribution in [3.05, 3.63) is 54.1 Å².